The van der Waals surface area contributed by atoms with Crippen molar-refractivity contribution in [3.63, 3.8) is 0 Å². The minimum absolute atomic E-state index is 0.0952. The summed E-state index contributed by atoms with van der Waals surface area (Å²) in [4.78, 5) is 24.7. The predicted octanol–water partition coefficient (Wildman–Crippen LogP) is 5.94. The lowest BCUT2D eigenvalue weighted by molar-refractivity contribution is -0.241. The van der Waals surface area contributed by atoms with Gasteiger partial charge in [-0.2, -0.15) is 0 Å². The number of carbonyl (C=O) groups excluding carboxylic acids is 2. The normalized spacial score (nSPS) is 51.0. The lowest BCUT2D eigenvalue weighted by Crippen LogP contribution is -2.66. The van der Waals surface area contributed by atoms with Gasteiger partial charge in [0, 0.05) is 12.3 Å². The summed E-state index contributed by atoms with van der Waals surface area (Å²) in [6, 6.07) is 0. The van der Waals surface area contributed by atoms with Crippen LogP contribution >= 0.6 is 0 Å². The first-order chi connectivity index (χ1) is 15.8. The summed E-state index contributed by atoms with van der Waals surface area (Å²) < 4.78 is 17.7. The van der Waals surface area contributed by atoms with Crippen LogP contribution in [-0.4, -0.2) is 37.9 Å². The van der Waals surface area contributed by atoms with Crippen molar-refractivity contribution < 1.29 is 23.8 Å². The van der Waals surface area contributed by atoms with E-state index in [-0.39, 0.29) is 34.3 Å². The quantitative estimate of drug-likeness (QED) is 0.474. The molecule has 0 aromatic carbocycles. The van der Waals surface area contributed by atoms with Crippen LogP contribution in [0.5, 0.6) is 0 Å². The van der Waals surface area contributed by atoms with Gasteiger partial charge in [-0.1, -0.05) is 34.6 Å². The molecule has 0 N–H and O–H groups in total. The lowest BCUT2D eigenvalue weighted by Gasteiger charge is -2.71. The van der Waals surface area contributed by atoms with E-state index < -0.39 is 5.41 Å². The van der Waals surface area contributed by atoms with Crippen LogP contribution in [0.3, 0.4) is 0 Å². The molecule has 5 nitrogen and oxygen atoms in total. The first kappa shape index (κ1) is 24.6. The molecule has 5 heteroatoms. The maximum Gasteiger partial charge on any atom is 0.306 e. The van der Waals surface area contributed by atoms with E-state index in [1.165, 1.54) is 46.1 Å². The Morgan fingerprint density at radius 3 is 2.29 bits per heavy atom. The monoisotopic (exact) mass is 474 g/mol. The largest absolute Gasteiger partial charge is 0.469 e. The second-order valence-corrected chi connectivity index (χ2v) is 14.1. The van der Waals surface area contributed by atoms with Gasteiger partial charge >= 0.3 is 11.9 Å². The number of fused-ring (bicyclic) bond motifs is 3. The summed E-state index contributed by atoms with van der Waals surface area (Å²) >= 11 is 0. The minimum atomic E-state index is -0.407. The standard InChI is InChI=1S/C29H46O5/c1-18(30)34-21-10-11-28(6)20(26(21,4)16-22(31)32-7)9-8-19-23-24-25(2,3)12-14-29(23,17-33-24)15-13-27(19,28)5/h19-21,23-24H,8-17H2,1-7H3/t19-,20-,21-,23-,24-,26-,27-,28-,29-/m1/s1. The fraction of sp³-hybridized carbons (Fsp3) is 0.931. The Morgan fingerprint density at radius 2 is 1.62 bits per heavy atom. The Hall–Kier alpha value is -1.10. The van der Waals surface area contributed by atoms with Gasteiger partial charge in [0.25, 0.3) is 0 Å². The molecular formula is C29H46O5. The van der Waals surface area contributed by atoms with E-state index in [0.29, 0.717) is 35.7 Å². The molecule has 5 aliphatic rings. The molecule has 0 aromatic rings. The van der Waals surface area contributed by atoms with Gasteiger partial charge in [-0.15, -0.1) is 0 Å². The molecule has 9 atom stereocenters. The Balaban J connectivity index is 1.54. The molecule has 1 aliphatic heterocycles. The third kappa shape index (κ3) is 3.13. The summed E-state index contributed by atoms with van der Waals surface area (Å²) in [5, 5.41) is 0. The fourth-order valence-corrected chi connectivity index (χ4v) is 10.3. The SMILES string of the molecule is COC(=O)C[C@]1(C)[C@H]2CC[C@@H]3[C@@H]4[C@H]5OC[C@@]4(CCC5(C)C)CC[C@@]3(C)[C@]2(C)CC[C@H]1OC(C)=O. The third-order valence-electron chi connectivity index (χ3n) is 12.4. The molecule has 0 unspecified atom stereocenters. The van der Waals surface area contributed by atoms with Crippen molar-refractivity contribution in [3.05, 3.63) is 0 Å². The number of methoxy groups -OCH3 is 1. The van der Waals surface area contributed by atoms with E-state index >= 15 is 0 Å². The van der Waals surface area contributed by atoms with Crippen molar-refractivity contribution >= 4 is 11.9 Å². The van der Waals surface area contributed by atoms with Crippen LogP contribution in [0.4, 0.5) is 0 Å². The molecule has 0 radical (unpaired) electrons. The van der Waals surface area contributed by atoms with Crippen LogP contribution in [0.1, 0.15) is 99.3 Å². The number of carbonyl (C=O) groups is 2. The zero-order valence-corrected chi connectivity index (χ0v) is 22.5. The van der Waals surface area contributed by atoms with E-state index in [4.69, 9.17) is 14.2 Å². The zero-order valence-electron chi connectivity index (χ0n) is 22.5. The molecule has 1 saturated heterocycles. The van der Waals surface area contributed by atoms with Crippen molar-refractivity contribution in [2.45, 2.75) is 112 Å². The molecular weight excluding hydrogens is 428 g/mol. The lowest BCUT2D eigenvalue weighted by atomic mass is 9.34. The summed E-state index contributed by atoms with van der Waals surface area (Å²) in [7, 11) is 1.47. The molecule has 34 heavy (non-hydrogen) atoms. The summed E-state index contributed by atoms with van der Waals surface area (Å²) in [5.41, 5.74) is 0.501. The highest BCUT2D eigenvalue weighted by Gasteiger charge is 2.72. The van der Waals surface area contributed by atoms with Gasteiger partial charge in [0.2, 0.25) is 0 Å². The van der Waals surface area contributed by atoms with Crippen LogP contribution in [-0.2, 0) is 23.8 Å². The highest BCUT2D eigenvalue weighted by molar-refractivity contribution is 5.71. The number of hydrogen-bond acceptors (Lipinski definition) is 5. The van der Waals surface area contributed by atoms with E-state index in [9.17, 15) is 9.59 Å². The Kier molecular flexibility index (Phi) is 5.57. The molecule has 1 heterocycles. The summed E-state index contributed by atoms with van der Waals surface area (Å²) in [5.74, 6) is 1.18. The van der Waals surface area contributed by atoms with Crippen LogP contribution in [0.2, 0.25) is 0 Å². The van der Waals surface area contributed by atoms with Gasteiger partial charge in [-0.25, -0.2) is 0 Å². The molecule has 4 saturated carbocycles. The molecule has 5 rings (SSSR count). The number of ether oxygens (including phenoxy) is 3. The second-order valence-electron chi connectivity index (χ2n) is 14.1. The Labute approximate surface area is 206 Å². The number of hydrogen-bond donors (Lipinski definition) is 0. The van der Waals surface area contributed by atoms with E-state index in [1.807, 2.05) is 0 Å². The average molecular weight is 475 g/mol. The van der Waals surface area contributed by atoms with Crippen LogP contribution in [0.25, 0.3) is 0 Å². The number of rotatable bonds is 3. The fourth-order valence-electron chi connectivity index (χ4n) is 10.3. The van der Waals surface area contributed by atoms with Crippen molar-refractivity contribution in [3.8, 4) is 0 Å². The van der Waals surface area contributed by atoms with E-state index in [1.54, 1.807) is 0 Å². The molecule has 2 bridgehead atoms. The first-order valence-corrected chi connectivity index (χ1v) is 13.7. The first-order valence-electron chi connectivity index (χ1n) is 13.7. The van der Waals surface area contributed by atoms with Crippen LogP contribution < -0.4 is 0 Å². The smallest absolute Gasteiger partial charge is 0.306 e. The highest BCUT2D eigenvalue weighted by atomic mass is 16.5. The number of esters is 2. The van der Waals surface area contributed by atoms with Gasteiger partial charge in [-0.05, 0) is 90.8 Å². The zero-order chi connectivity index (χ0) is 24.7. The minimum Gasteiger partial charge on any atom is -0.469 e. The van der Waals surface area contributed by atoms with Crippen molar-refractivity contribution in [1.29, 1.82) is 0 Å². The summed E-state index contributed by atoms with van der Waals surface area (Å²) in [6.45, 7) is 14.6. The van der Waals surface area contributed by atoms with E-state index in [2.05, 4.69) is 34.6 Å². The molecule has 0 aromatic heterocycles. The van der Waals surface area contributed by atoms with Crippen LogP contribution in [0, 0.1) is 44.8 Å². The highest BCUT2D eigenvalue weighted by Crippen LogP contribution is 2.76. The Morgan fingerprint density at radius 1 is 0.912 bits per heavy atom. The predicted molar refractivity (Wildman–Crippen MR) is 130 cm³/mol. The van der Waals surface area contributed by atoms with Crippen LogP contribution in [0.15, 0.2) is 0 Å². The second kappa shape index (κ2) is 7.70. The maximum atomic E-state index is 12.6. The van der Waals surface area contributed by atoms with E-state index in [0.717, 1.165) is 25.9 Å². The van der Waals surface area contributed by atoms with Crippen molar-refractivity contribution in [1.82, 2.24) is 0 Å². The molecule has 0 spiro atoms. The van der Waals surface area contributed by atoms with Crippen molar-refractivity contribution in [2.75, 3.05) is 13.7 Å². The molecule has 4 aliphatic carbocycles. The average Bonchev–Trinajstić information content (AvgIpc) is 3.10. The Bertz CT molecular complexity index is 867. The van der Waals surface area contributed by atoms with Crippen molar-refractivity contribution in [2.24, 2.45) is 44.8 Å². The van der Waals surface area contributed by atoms with Gasteiger partial charge < -0.3 is 14.2 Å². The maximum absolute atomic E-state index is 12.6. The van der Waals surface area contributed by atoms with Gasteiger partial charge in [-0.3, -0.25) is 9.59 Å². The summed E-state index contributed by atoms with van der Waals surface area (Å²) in [6.07, 6.45) is 9.68. The molecule has 192 valence electrons. The third-order valence-corrected chi connectivity index (χ3v) is 12.4. The topological polar surface area (TPSA) is 61.8 Å². The van der Waals surface area contributed by atoms with Gasteiger partial charge in [0.05, 0.1) is 26.2 Å². The van der Waals surface area contributed by atoms with Gasteiger partial charge in [0.1, 0.15) is 6.10 Å². The molecule has 0 amide bonds. The molecule has 5 fully saturated rings. The van der Waals surface area contributed by atoms with Gasteiger partial charge in [0.15, 0.2) is 0 Å².